The fourth-order valence-corrected chi connectivity index (χ4v) is 4.80. The lowest BCUT2D eigenvalue weighted by Crippen LogP contribution is -2.55. The number of fused-ring (bicyclic) bond motifs is 4. The summed E-state index contributed by atoms with van der Waals surface area (Å²) in [5, 5.41) is 6.06. The number of ether oxygens (including phenoxy) is 4. The number of morpholine rings is 1. The van der Waals surface area contributed by atoms with E-state index in [4.69, 9.17) is 18.9 Å². The molecule has 2 N–H and O–H groups in total. The first-order chi connectivity index (χ1) is 14.3. The van der Waals surface area contributed by atoms with E-state index < -0.39 is 5.60 Å². The van der Waals surface area contributed by atoms with Crippen molar-refractivity contribution in [1.82, 2.24) is 15.2 Å². The smallest absolute Gasteiger partial charge is 0.411 e. The van der Waals surface area contributed by atoms with Crippen molar-refractivity contribution in [3.63, 3.8) is 0 Å². The van der Waals surface area contributed by atoms with Gasteiger partial charge >= 0.3 is 12.1 Å². The average Bonchev–Trinajstić information content (AvgIpc) is 3.07. The molecule has 0 spiro atoms. The number of carbonyl (C=O) groups is 2. The number of urea groups is 1. The van der Waals surface area contributed by atoms with Crippen LogP contribution in [0.3, 0.4) is 0 Å². The topological polar surface area (TPSA) is 111 Å². The molecule has 2 fully saturated rings. The molecule has 4 rings (SSSR count). The minimum Gasteiger partial charge on any atom is -0.444 e. The first-order valence-electron chi connectivity index (χ1n) is 10.1. The maximum absolute atomic E-state index is 12.8. The summed E-state index contributed by atoms with van der Waals surface area (Å²) in [6, 6.07) is -0.733. The molecule has 0 saturated carbocycles. The predicted molar refractivity (Wildman–Crippen MR) is 109 cm³/mol. The molecular weight excluding hydrogens is 412 g/mol. The second-order valence-corrected chi connectivity index (χ2v) is 9.56. The van der Waals surface area contributed by atoms with Crippen LogP contribution in [0.4, 0.5) is 14.7 Å². The summed E-state index contributed by atoms with van der Waals surface area (Å²) < 4.78 is 22.2. The van der Waals surface area contributed by atoms with E-state index in [1.165, 1.54) is 11.3 Å². The summed E-state index contributed by atoms with van der Waals surface area (Å²) in [5.74, 6) is 0. The van der Waals surface area contributed by atoms with Gasteiger partial charge in [0.1, 0.15) is 5.60 Å². The SMILES string of the molecule is CC(C)(C)OC(=O)N1[C@@H]2COC[C@H]1c1sc(NC(=O)NC[C@H]3COCCO3)nc1C2. The number of amides is 3. The number of hydrogen-bond donors (Lipinski definition) is 2. The van der Waals surface area contributed by atoms with Crippen molar-refractivity contribution in [2.45, 2.75) is 51.0 Å². The zero-order valence-electron chi connectivity index (χ0n) is 17.4. The number of aromatic nitrogens is 1. The Bertz CT molecular complexity index is 788. The van der Waals surface area contributed by atoms with E-state index >= 15 is 0 Å². The molecule has 11 heteroatoms. The van der Waals surface area contributed by atoms with Gasteiger partial charge in [-0.1, -0.05) is 11.3 Å². The zero-order chi connectivity index (χ0) is 21.3. The maximum Gasteiger partial charge on any atom is 0.411 e. The van der Waals surface area contributed by atoms with Crippen molar-refractivity contribution in [2.75, 3.05) is 44.9 Å². The number of nitrogens with one attached hydrogen (secondary N) is 2. The van der Waals surface area contributed by atoms with E-state index in [2.05, 4.69) is 15.6 Å². The van der Waals surface area contributed by atoms with Crippen LogP contribution in [0.1, 0.15) is 37.4 Å². The quantitative estimate of drug-likeness (QED) is 0.739. The monoisotopic (exact) mass is 440 g/mol. The van der Waals surface area contributed by atoms with Gasteiger partial charge in [0.25, 0.3) is 0 Å². The number of hydrogen-bond acceptors (Lipinski definition) is 8. The van der Waals surface area contributed by atoms with Crippen molar-refractivity contribution in [3.05, 3.63) is 10.6 Å². The van der Waals surface area contributed by atoms with Gasteiger partial charge in [0.15, 0.2) is 5.13 Å². The molecule has 3 aliphatic rings. The molecule has 0 unspecified atom stereocenters. The predicted octanol–water partition coefficient (Wildman–Crippen LogP) is 1.91. The van der Waals surface area contributed by atoms with Crippen LogP contribution < -0.4 is 10.6 Å². The van der Waals surface area contributed by atoms with Crippen LogP contribution in [0, 0.1) is 0 Å². The lowest BCUT2D eigenvalue weighted by atomic mass is 9.97. The van der Waals surface area contributed by atoms with Gasteiger partial charge in [-0.3, -0.25) is 10.2 Å². The van der Waals surface area contributed by atoms with Gasteiger partial charge in [-0.25, -0.2) is 14.6 Å². The van der Waals surface area contributed by atoms with E-state index in [-0.39, 0.29) is 30.3 Å². The molecule has 1 aromatic rings. The normalized spacial score (nSPS) is 26.0. The van der Waals surface area contributed by atoms with Crippen LogP contribution >= 0.6 is 11.3 Å². The third-order valence-corrected chi connectivity index (χ3v) is 6.09. The summed E-state index contributed by atoms with van der Waals surface area (Å²) in [6.07, 6.45) is 0.0765. The van der Waals surface area contributed by atoms with Gasteiger partial charge in [-0.05, 0) is 20.8 Å². The molecule has 0 aromatic carbocycles. The molecule has 30 heavy (non-hydrogen) atoms. The first-order valence-corrected chi connectivity index (χ1v) is 10.9. The Hall–Kier alpha value is -1.95. The second kappa shape index (κ2) is 8.66. The minimum absolute atomic E-state index is 0.127. The van der Waals surface area contributed by atoms with Crippen molar-refractivity contribution in [2.24, 2.45) is 0 Å². The molecule has 0 aliphatic carbocycles. The molecule has 3 amide bonds. The summed E-state index contributed by atoms with van der Waals surface area (Å²) in [6.45, 7) is 8.33. The van der Waals surface area contributed by atoms with E-state index in [0.717, 1.165) is 10.6 Å². The number of rotatable bonds is 3. The number of thiazole rings is 1. The van der Waals surface area contributed by atoms with Crippen LogP contribution in [-0.4, -0.2) is 79.3 Å². The third kappa shape index (κ3) is 4.85. The summed E-state index contributed by atoms with van der Waals surface area (Å²) in [7, 11) is 0. The Morgan fingerprint density at radius 1 is 1.23 bits per heavy atom. The van der Waals surface area contributed by atoms with Crippen molar-refractivity contribution < 1.29 is 28.5 Å². The minimum atomic E-state index is -0.571. The van der Waals surface area contributed by atoms with Gasteiger partial charge < -0.3 is 24.3 Å². The fraction of sp³-hybridized carbons (Fsp3) is 0.737. The van der Waals surface area contributed by atoms with Crippen molar-refractivity contribution >= 4 is 28.6 Å². The second-order valence-electron chi connectivity index (χ2n) is 8.53. The Balaban J connectivity index is 1.41. The molecule has 2 bridgehead atoms. The standard InChI is InChI=1S/C19H28N4O6S/c1-19(2,3)29-18(25)23-11-6-13-15(14(23)10-27-8-11)30-17(21-13)22-16(24)20-7-12-9-26-4-5-28-12/h11-12,14H,4-10H2,1-3H3,(H2,20,21,22,24)/t11-,12-,14-/m0/s1. The molecule has 4 heterocycles. The molecule has 1 aromatic heterocycles. The van der Waals surface area contributed by atoms with Crippen molar-refractivity contribution in [1.29, 1.82) is 0 Å². The highest BCUT2D eigenvalue weighted by atomic mass is 32.1. The van der Waals surface area contributed by atoms with E-state index in [0.29, 0.717) is 51.1 Å². The van der Waals surface area contributed by atoms with Crippen molar-refractivity contribution in [3.8, 4) is 0 Å². The number of anilines is 1. The van der Waals surface area contributed by atoms with E-state index in [9.17, 15) is 9.59 Å². The van der Waals surface area contributed by atoms with Gasteiger partial charge in [0.05, 0.1) is 61.8 Å². The largest absolute Gasteiger partial charge is 0.444 e. The van der Waals surface area contributed by atoms with Crippen LogP contribution in [0.5, 0.6) is 0 Å². The van der Waals surface area contributed by atoms with Gasteiger partial charge in [-0.15, -0.1) is 0 Å². The van der Waals surface area contributed by atoms with E-state index in [1.54, 1.807) is 4.90 Å². The van der Waals surface area contributed by atoms with Gasteiger partial charge in [-0.2, -0.15) is 0 Å². The molecule has 10 nitrogen and oxygen atoms in total. The highest BCUT2D eigenvalue weighted by Gasteiger charge is 2.44. The summed E-state index contributed by atoms with van der Waals surface area (Å²) in [4.78, 5) is 32.3. The lowest BCUT2D eigenvalue weighted by molar-refractivity contribution is -0.0852. The Kier molecular flexibility index (Phi) is 6.14. The molecule has 2 saturated heterocycles. The fourth-order valence-electron chi connectivity index (χ4n) is 3.73. The Morgan fingerprint density at radius 3 is 2.80 bits per heavy atom. The first kappa shape index (κ1) is 21.3. The third-order valence-electron chi connectivity index (χ3n) is 4.97. The summed E-state index contributed by atoms with van der Waals surface area (Å²) in [5.41, 5.74) is 0.329. The lowest BCUT2D eigenvalue weighted by Gasteiger charge is -2.44. The average molecular weight is 441 g/mol. The highest BCUT2D eigenvalue weighted by molar-refractivity contribution is 7.16. The van der Waals surface area contributed by atoms with Gasteiger partial charge in [0, 0.05) is 13.0 Å². The number of nitrogens with zero attached hydrogens (tertiary/aromatic N) is 2. The Labute approximate surface area is 179 Å². The molecular formula is C19H28N4O6S. The molecule has 3 aliphatic heterocycles. The van der Waals surface area contributed by atoms with E-state index in [1.807, 2.05) is 20.8 Å². The van der Waals surface area contributed by atoms with Gasteiger partial charge in [0.2, 0.25) is 0 Å². The van der Waals surface area contributed by atoms with Crippen LogP contribution in [0.2, 0.25) is 0 Å². The maximum atomic E-state index is 12.8. The Morgan fingerprint density at radius 2 is 2.07 bits per heavy atom. The molecule has 0 radical (unpaired) electrons. The molecule has 166 valence electrons. The van der Waals surface area contributed by atoms with Crippen LogP contribution in [-0.2, 0) is 25.4 Å². The number of carbonyl (C=O) groups excluding carboxylic acids is 2. The van der Waals surface area contributed by atoms with Crippen LogP contribution in [0.15, 0.2) is 0 Å². The zero-order valence-corrected chi connectivity index (χ0v) is 18.3. The highest BCUT2D eigenvalue weighted by Crippen LogP contribution is 2.41. The van der Waals surface area contributed by atoms with Crippen LogP contribution in [0.25, 0.3) is 0 Å². The summed E-state index contributed by atoms with van der Waals surface area (Å²) >= 11 is 1.36. The molecule has 3 atom stereocenters.